The van der Waals surface area contributed by atoms with E-state index in [4.69, 9.17) is 14.5 Å². The Morgan fingerprint density at radius 1 is 1.52 bits per heavy atom. The van der Waals surface area contributed by atoms with E-state index in [1.54, 1.807) is 11.3 Å². The quantitative estimate of drug-likeness (QED) is 0.799. The van der Waals surface area contributed by atoms with E-state index in [0.717, 1.165) is 36.7 Å². The number of esters is 1. The first-order valence-corrected chi connectivity index (χ1v) is 8.44. The van der Waals surface area contributed by atoms with Crippen LogP contribution in [-0.4, -0.2) is 43.4 Å². The second kappa shape index (κ2) is 5.93. The van der Waals surface area contributed by atoms with Gasteiger partial charge in [-0.2, -0.15) is 0 Å². The Kier molecular flexibility index (Phi) is 4.17. The molecule has 0 aromatic carbocycles. The predicted molar refractivity (Wildman–Crippen MR) is 82.0 cm³/mol. The van der Waals surface area contributed by atoms with E-state index >= 15 is 0 Å². The van der Waals surface area contributed by atoms with Gasteiger partial charge in [-0.3, -0.25) is 4.79 Å². The number of aromatic nitrogens is 1. The number of nitrogens with zero attached hydrogens (tertiary/aromatic N) is 2. The van der Waals surface area contributed by atoms with Gasteiger partial charge >= 0.3 is 5.97 Å². The number of rotatable bonds is 4. The molecule has 0 amide bonds. The summed E-state index contributed by atoms with van der Waals surface area (Å²) in [6.07, 6.45) is 3.03. The molecule has 1 aromatic heterocycles. The van der Waals surface area contributed by atoms with Crippen molar-refractivity contribution in [3.8, 4) is 0 Å². The third-order valence-electron chi connectivity index (χ3n) is 4.41. The Bertz CT molecular complexity index is 531. The van der Waals surface area contributed by atoms with Crippen molar-refractivity contribution in [2.45, 2.75) is 51.2 Å². The predicted octanol–water partition coefficient (Wildman–Crippen LogP) is 2.35. The minimum atomic E-state index is -0.171. The molecule has 3 unspecified atom stereocenters. The molecule has 2 aliphatic rings. The molecule has 0 saturated carbocycles. The maximum absolute atomic E-state index is 12.0. The number of ether oxygens (including phenoxy) is 2. The Morgan fingerprint density at radius 3 is 3.00 bits per heavy atom. The third-order valence-corrected chi connectivity index (χ3v) is 5.63. The van der Waals surface area contributed by atoms with Gasteiger partial charge in [-0.1, -0.05) is 0 Å². The van der Waals surface area contributed by atoms with Gasteiger partial charge in [0, 0.05) is 18.5 Å². The van der Waals surface area contributed by atoms with Crippen LogP contribution in [0.1, 0.15) is 43.2 Å². The highest BCUT2D eigenvalue weighted by Crippen LogP contribution is 2.40. The van der Waals surface area contributed by atoms with Gasteiger partial charge in [-0.05, 0) is 33.1 Å². The fourth-order valence-electron chi connectivity index (χ4n) is 3.21. The zero-order valence-corrected chi connectivity index (χ0v) is 13.6. The Hall–Kier alpha value is -1.14. The molecule has 1 aromatic rings. The van der Waals surface area contributed by atoms with Crippen molar-refractivity contribution in [2.75, 3.05) is 25.2 Å². The molecule has 0 spiro atoms. The molecular formula is C15H22N2O3S. The lowest BCUT2D eigenvalue weighted by atomic mass is 10.1. The number of thiazole rings is 1. The lowest BCUT2D eigenvalue weighted by Crippen LogP contribution is -2.36. The smallest absolute Gasteiger partial charge is 0.315 e. The summed E-state index contributed by atoms with van der Waals surface area (Å²) < 4.78 is 10.8. The average Bonchev–Trinajstić information content (AvgIpc) is 3.12. The van der Waals surface area contributed by atoms with E-state index in [0.29, 0.717) is 12.6 Å². The summed E-state index contributed by atoms with van der Waals surface area (Å²) in [5.74, 6) is -0.302. The zero-order chi connectivity index (χ0) is 15.0. The molecule has 1 fully saturated rings. The van der Waals surface area contributed by atoms with Gasteiger partial charge in [0.15, 0.2) is 5.13 Å². The van der Waals surface area contributed by atoms with Gasteiger partial charge in [0.05, 0.1) is 24.4 Å². The van der Waals surface area contributed by atoms with E-state index in [-0.39, 0.29) is 18.0 Å². The normalized spacial score (nSPS) is 27.7. The molecule has 5 nitrogen and oxygen atoms in total. The van der Waals surface area contributed by atoms with Gasteiger partial charge in [0.25, 0.3) is 0 Å². The van der Waals surface area contributed by atoms with E-state index in [1.165, 1.54) is 4.88 Å². The van der Waals surface area contributed by atoms with Crippen LogP contribution in [0.15, 0.2) is 0 Å². The van der Waals surface area contributed by atoms with Crippen LogP contribution < -0.4 is 4.90 Å². The molecule has 3 rings (SSSR count). The fourth-order valence-corrected chi connectivity index (χ4v) is 4.36. The maximum Gasteiger partial charge on any atom is 0.315 e. The van der Waals surface area contributed by atoms with Crippen molar-refractivity contribution in [2.24, 2.45) is 0 Å². The highest BCUT2D eigenvalue weighted by Gasteiger charge is 2.36. The number of carbonyl (C=O) groups excluding carboxylic acids is 1. The molecule has 1 aliphatic heterocycles. The summed E-state index contributed by atoms with van der Waals surface area (Å²) in [6, 6.07) is 0.373. The molecule has 3 atom stereocenters. The summed E-state index contributed by atoms with van der Waals surface area (Å²) in [4.78, 5) is 20.2. The molecule has 116 valence electrons. The summed E-state index contributed by atoms with van der Waals surface area (Å²) >= 11 is 1.71. The lowest BCUT2D eigenvalue weighted by molar-refractivity contribution is -0.145. The summed E-state index contributed by atoms with van der Waals surface area (Å²) in [6.45, 7) is 5.19. The van der Waals surface area contributed by atoms with Gasteiger partial charge in [0.1, 0.15) is 5.92 Å². The first-order chi connectivity index (χ1) is 10.1. The maximum atomic E-state index is 12.0. The minimum Gasteiger partial charge on any atom is -0.465 e. The second-order valence-corrected chi connectivity index (χ2v) is 6.75. The number of fused-ring (bicyclic) bond motifs is 1. The highest BCUT2D eigenvalue weighted by atomic mass is 32.1. The number of aryl methyl sites for hydroxylation is 1. The Morgan fingerprint density at radius 2 is 2.33 bits per heavy atom. The van der Waals surface area contributed by atoms with Crippen molar-refractivity contribution in [1.29, 1.82) is 0 Å². The van der Waals surface area contributed by atoms with Crippen LogP contribution in [0.3, 0.4) is 0 Å². The summed E-state index contributed by atoms with van der Waals surface area (Å²) in [7, 11) is 2.07. The van der Waals surface area contributed by atoms with Crippen LogP contribution >= 0.6 is 11.3 Å². The topological polar surface area (TPSA) is 51.7 Å². The molecular weight excluding hydrogens is 288 g/mol. The third kappa shape index (κ3) is 2.66. The van der Waals surface area contributed by atoms with Crippen molar-refractivity contribution < 1.29 is 14.3 Å². The van der Waals surface area contributed by atoms with Crippen LogP contribution in [0.25, 0.3) is 0 Å². The second-order valence-electron chi connectivity index (χ2n) is 5.69. The van der Waals surface area contributed by atoms with E-state index < -0.39 is 0 Å². The van der Waals surface area contributed by atoms with Gasteiger partial charge in [-0.25, -0.2) is 4.98 Å². The molecule has 1 aliphatic carbocycles. The Labute approximate surface area is 129 Å². The van der Waals surface area contributed by atoms with E-state index in [2.05, 4.69) is 18.9 Å². The molecule has 21 heavy (non-hydrogen) atoms. The van der Waals surface area contributed by atoms with Gasteiger partial charge in [0.2, 0.25) is 0 Å². The van der Waals surface area contributed by atoms with Crippen LogP contribution in [0.4, 0.5) is 5.13 Å². The first-order valence-electron chi connectivity index (χ1n) is 7.62. The monoisotopic (exact) mass is 310 g/mol. The zero-order valence-electron chi connectivity index (χ0n) is 12.8. The first kappa shape index (κ1) is 14.8. The highest BCUT2D eigenvalue weighted by molar-refractivity contribution is 7.15. The largest absolute Gasteiger partial charge is 0.465 e. The van der Waals surface area contributed by atoms with Crippen molar-refractivity contribution >= 4 is 22.4 Å². The number of hydrogen-bond acceptors (Lipinski definition) is 6. The van der Waals surface area contributed by atoms with Gasteiger partial charge < -0.3 is 14.4 Å². The van der Waals surface area contributed by atoms with Crippen LogP contribution in [-0.2, 0) is 20.7 Å². The van der Waals surface area contributed by atoms with Crippen molar-refractivity contribution in [3.05, 3.63) is 10.6 Å². The van der Waals surface area contributed by atoms with Crippen LogP contribution in [0, 0.1) is 0 Å². The molecule has 1 saturated heterocycles. The van der Waals surface area contributed by atoms with E-state index in [1.807, 2.05) is 6.92 Å². The molecule has 0 bridgehead atoms. The fraction of sp³-hybridized carbons (Fsp3) is 0.733. The molecule has 6 heteroatoms. The average molecular weight is 310 g/mol. The van der Waals surface area contributed by atoms with Crippen LogP contribution in [0.5, 0.6) is 0 Å². The number of likely N-dealkylation sites (N-methyl/N-ethyl adjacent to an activating group) is 1. The number of hydrogen-bond donors (Lipinski definition) is 0. The number of anilines is 1. The summed E-state index contributed by atoms with van der Waals surface area (Å²) in [5, 5.41) is 0.997. The van der Waals surface area contributed by atoms with E-state index in [9.17, 15) is 4.79 Å². The minimum absolute atomic E-state index is 0.131. The van der Waals surface area contributed by atoms with Gasteiger partial charge in [-0.15, -0.1) is 11.3 Å². The SMILES string of the molecule is CCOC(=O)C1CCc2sc(N(C)C3CCOC3C)nc21. The molecule has 2 heterocycles. The Balaban J connectivity index is 1.78. The lowest BCUT2D eigenvalue weighted by Gasteiger charge is -2.26. The van der Waals surface area contributed by atoms with Crippen molar-refractivity contribution in [1.82, 2.24) is 4.98 Å². The molecule has 0 radical (unpaired) electrons. The van der Waals surface area contributed by atoms with Crippen LogP contribution in [0.2, 0.25) is 0 Å². The molecule has 0 N–H and O–H groups in total. The number of carbonyl (C=O) groups is 1. The standard InChI is InChI=1S/C15H22N2O3S/c1-4-19-14(18)10-5-6-12-13(10)16-15(21-12)17(3)11-7-8-20-9(11)2/h9-11H,4-8H2,1-3H3. The summed E-state index contributed by atoms with van der Waals surface area (Å²) in [5.41, 5.74) is 0.937. The van der Waals surface area contributed by atoms with Crippen molar-refractivity contribution in [3.63, 3.8) is 0 Å².